The maximum atomic E-state index is 12.2. The lowest BCUT2D eigenvalue weighted by Crippen LogP contribution is -2.51. The molecule has 1 saturated carbocycles. The Morgan fingerprint density at radius 1 is 1.28 bits per heavy atom. The zero-order valence-electron chi connectivity index (χ0n) is 11.6. The van der Waals surface area contributed by atoms with Crippen LogP contribution >= 0.6 is 11.8 Å². The zero-order chi connectivity index (χ0) is 13.0. The third-order valence-electron chi connectivity index (χ3n) is 4.29. The molecule has 0 aromatic heterocycles. The predicted octanol–water partition coefficient (Wildman–Crippen LogP) is 2.16. The van der Waals surface area contributed by atoms with Crippen LogP contribution in [0.25, 0.3) is 0 Å². The minimum atomic E-state index is 0.0448. The van der Waals surface area contributed by atoms with Gasteiger partial charge in [0.15, 0.2) is 0 Å². The molecule has 1 saturated heterocycles. The molecular formula is C14H26N2OS. The van der Waals surface area contributed by atoms with Crippen molar-refractivity contribution in [2.75, 3.05) is 12.8 Å². The third-order valence-corrected chi connectivity index (χ3v) is 5.38. The second kappa shape index (κ2) is 6.80. The Balaban J connectivity index is 1.79. The molecule has 0 spiro atoms. The monoisotopic (exact) mass is 270 g/mol. The van der Waals surface area contributed by atoms with Gasteiger partial charge < -0.3 is 10.6 Å². The molecule has 104 valence electrons. The Morgan fingerprint density at radius 3 is 2.83 bits per heavy atom. The fourth-order valence-electron chi connectivity index (χ4n) is 3.10. The maximum absolute atomic E-state index is 12.2. The topological polar surface area (TPSA) is 41.1 Å². The second-order valence-corrected chi connectivity index (χ2v) is 7.00. The van der Waals surface area contributed by atoms with Crippen molar-refractivity contribution in [3.63, 3.8) is 0 Å². The van der Waals surface area contributed by atoms with Crippen LogP contribution < -0.4 is 10.6 Å². The van der Waals surface area contributed by atoms with Crippen LogP contribution in [0.5, 0.6) is 0 Å². The highest BCUT2D eigenvalue weighted by Crippen LogP contribution is 2.27. The van der Waals surface area contributed by atoms with Gasteiger partial charge in [-0.05, 0) is 50.8 Å². The maximum Gasteiger partial charge on any atom is 0.237 e. The molecule has 2 N–H and O–H groups in total. The molecule has 1 heterocycles. The van der Waals surface area contributed by atoms with E-state index >= 15 is 0 Å². The highest BCUT2D eigenvalue weighted by atomic mass is 32.2. The first-order valence-corrected chi connectivity index (χ1v) is 8.54. The molecule has 4 atom stereocenters. The summed E-state index contributed by atoms with van der Waals surface area (Å²) < 4.78 is 0. The molecule has 2 rings (SSSR count). The van der Waals surface area contributed by atoms with Gasteiger partial charge in [0.2, 0.25) is 5.91 Å². The first-order valence-electron chi connectivity index (χ1n) is 7.25. The summed E-state index contributed by atoms with van der Waals surface area (Å²) in [5, 5.41) is 7.34. The normalized spacial score (nSPS) is 37.2. The lowest BCUT2D eigenvalue weighted by atomic mass is 9.92. The quantitative estimate of drug-likeness (QED) is 0.826. The van der Waals surface area contributed by atoms with E-state index in [1.54, 1.807) is 0 Å². The minimum absolute atomic E-state index is 0.0448. The summed E-state index contributed by atoms with van der Waals surface area (Å²) >= 11 is 1.95. The Hall–Kier alpha value is -0.220. The van der Waals surface area contributed by atoms with Crippen molar-refractivity contribution >= 4 is 17.7 Å². The highest BCUT2D eigenvalue weighted by Gasteiger charge is 2.28. The number of hydrogen-bond donors (Lipinski definition) is 2. The molecule has 2 fully saturated rings. The molecule has 4 unspecified atom stereocenters. The molecule has 1 aliphatic heterocycles. The molecule has 0 aromatic carbocycles. The minimum Gasteiger partial charge on any atom is -0.352 e. The van der Waals surface area contributed by atoms with Crippen LogP contribution in [0.15, 0.2) is 0 Å². The van der Waals surface area contributed by atoms with E-state index in [4.69, 9.17) is 0 Å². The van der Waals surface area contributed by atoms with Crippen LogP contribution in [0, 0.1) is 5.92 Å². The van der Waals surface area contributed by atoms with Gasteiger partial charge in [0.25, 0.3) is 0 Å². The first kappa shape index (κ1) is 14.2. The molecule has 0 radical (unpaired) electrons. The molecule has 0 bridgehead atoms. The number of amides is 1. The van der Waals surface area contributed by atoms with E-state index in [0.29, 0.717) is 12.0 Å². The number of thioether (sulfide) groups is 1. The third kappa shape index (κ3) is 3.89. The van der Waals surface area contributed by atoms with E-state index in [2.05, 4.69) is 23.8 Å². The summed E-state index contributed by atoms with van der Waals surface area (Å²) in [6.45, 7) is 3.23. The van der Waals surface area contributed by atoms with Crippen molar-refractivity contribution in [1.82, 2.24) is 10.6 Å². The van der Waals surface area contributed by atoms with Crippen LogP contribution in [-0.2, 0) is 4.79 Å². The smallest absolute Gasteiger partial charge is 0.237 e. The van der Waals surface area contributed by atoms with E-state index in [-0.39, 0.29) is 11.9 Å². The highest BCUT2D eigenvalue weighted by molar-refractivity contribution is 7.99. The molecule has 3 nitrogen and oxygen atoms in total. The Labute approximate surface area is 115 Å². The predicted molar refractivity (Wildman–Crippen MR) is 77.9 cm³/mol. The van der Waals surface area contributed by atoms with E-state index in [1.165, 1.54) is 19.3 Å². The fraction of sp³-hybridized carbons (Fsp3) is 0.929. The van der Waals surface area contributed by atoms with Crippen LogP contribution in [0.2, 0.25) is 0 Å². The average molecular weight is 270 g/mol. The lowest BCUT2D eigenvalue weighted by molar-refractivity contribution is -0.124. The number of hydrogen-bond acceptors (Lipinski definition) is 3. The van der Waals surface area contributed by atoms with Gasteiger partial charge in [0.05, 0.1) is 6.04 Å². The van der Waals surface area contributed by atoms with Crippen molar-refractivity contribution in [2.45, 2.75) is 62.8 Å². The Morgan fingerprint density at radius 2 is 2.11 bits per heavy atom. The average Bonchev–Trinajstić information content (AvgIpc) is 2.39. The summed E-state index contributed by atoms with van der Waals surface area (Å²) in [6, 6.07) is 0.450. The van der Waals surface area contributed by atoms with Gasteiger partial charge in [-0.2, -0.15) is 11.8 Å². The van der Waals surface area contributed by atoms with Gasteiger partial charge in [-0.3, -0.25) is 4.79 Å². The van der Waals surface area contributed by atoms with Crippen molar-refractivity contribution in [3.05, 3.63) is 0 Å². The fourth-order valence-corrected chi connectivity index (χ4v) is 3.93. The van der Waals surface area contributed by atoms with Crippen LogP contribution in [0.1, 0.15) is 45.4 Å². The summed E-state index contributed by atoms with van der Waals surface area (Å²) in [6.07, 6.45) is 9.24. The van der Waals surface area contributed by atoms with Gasteiger partial charge in [-0.25, -0.2) is 0 Å². The number of nitrogens with one attached hydrogen (secondary N) is 2. The van der Waals surface area contributed by atoms with Crippen LogP contribution in [0.4, 0.5) is 0 Å². The number of carbonyl (C=O) groups excluding carboxylic acids is 1. The van der Waals surface area contributed by atoms with Crippen molar-refractivity contribution in [2.24, 2.45) is 5.92 Å². The molecule has 0 aromatic rings. The molecular weight excluding hydrogens is 244 g/mol. The van der Waals surface area contributed by atoms with Gasteiger partial charge in [-0.15, -0.1) is 0 Å². The largest absolute Gasteiger partial charge is 0.352 e. The summed E-state index contributed by atoms with van der Waals surface area (Å²) in [4.78, 5) is 12.2. The zero-order valence-corrected chi connectivity index (χ0v) is 12.4. The second-order valence-electron chi connectivity index (χ2n) is 5.87. The van der Waals surface area contributed by atoms with Gasteiger partial charge in [0, 0.05) is 11.3 Å². The Kier molecular flexibility index (Phi) is 5.37. The van der Waals surface area contributed by atoms with Crippen LogP contribution in [-0.4, -0.2) is 36.0 Å². The van der Waals surface area contributed by atoms with Gasteiger partial charge in [0.1, 0.15) is 0 Å². The number of rotatable bonds is 3. The summed E-state index contributed by atoms with van der Waals surface area (Å²) in [5.41, 5.74) is 0. The standard InChI is InChI=1S/C14H26N2OS/c1-10-6-7-15-13(8-10)14(17)16-11-4-3-5-12(9-11)18-2/h10-13,15H,3-9H2,1-2H3,(H,16,17). The van der Waals surface area contributed by atoms with E-state index in [1.807, 2.05) is 11.8 Å². The summed E-state index contributed by atoms with van der Waals surface area (Å²) in [5.74, 6) is 0.903. The van der Waals surface area contributed by atoms with Crippen molar-refractivity contribution < 1.29 is 4.79 Å². The lowest BCUT2D eigenvalue weighted by Gasteiger charge is -2.32. The SMILES string of the molecule is CSC1CCCC(NC(=O)C2CC(C)CCN2)C1. The molecule has 2 aliphatic rings. The van der Waals surface area contributed by atoms with Gasteiger partial charge in [-0.1, -0.05) is 13.3 Å². The molecule has 18 heavy (non-hydrogen) atoms. The molecule has 4 heteroatoms. The molecule has 1 amide bonds. The van der Waals surface area contributed by atoms with Crippen LogP contribution in [0.3, 0.4) is 0 Å². The number of carbonyl (C=O) groups is 1. The number of piperidine rings is 1. The molecule has 1 aliphatic carbocycles. The van der Waals surface area contributed by atoms with Crippen molar-refractivity contribution in [1.29, 1.82) is 0 Å². The van der Waals surface area contributed by atoms with E-state index < -0.39 is 0 Å². The van der Waals surface area contributed by atoms with Gasteiger partial charge >= 0.3 is 0 Å². The summed E-state index contributed by atoms with van der Waals surface area (Å²) in [7, 11) is 0. The van der Waals surface area contributed by atoms with E-state index in [0.717, 1.165) is 31.1 Å². The van der Waals surface area contributed by atoms with Crippen molar-refractivity contribution in [3.8, 4) is 0 Å². The Bertz CT molecular complexity index is 285. The first-order chi connectivity index (χ1) is 8.69. The van der Waals surface area contributed by atoms with E-state index in [9.17, 15) is 4.79 Å².